The molecule has 1 aliphatic carbocycles. The molecule has 1 fully saturated rings. The Labute approximate surface area is 164 Å². The zero-order valence-corrected chi connectivity index (χ0v) is 18.8. The average Bonchev–Trinajstić information content (AvgIpc) is 3.02. The second-order valence-electron chi connectivity index (χ2n) is 8.16. The van der Waals surface area contributed by atoms with Gasteiger partial charge in [-0.2, -0.15) is 0 Å². The van der Waals surface area contributed by atoms with Crippen LogP contribution in [0.5, 0.6) is 0 Å². The van der Waals surface area contributed by atoms with E-state index in [0.29, 0.717) is 5.92 Å². The Morgan fingerprint density at radius 3 is 2.35 bits per heavy atom. The molecule has 1 rings (SSSR count). The molecule has 1 heteroatoms. The molecule has 0 bridgehead atoms. The lowest BCUT2D eigenvalue weighted by atomic mass is 9.94. The smallest absolute Gasteiger partial charge is 0.0344 e. The van der Waals surface area contributed by atoms with E-state index < -0.39 is 0 Å². The van der Waals surface area contributed by atoms with Crippen molar-refractivity contribution in [1.29, 1.82) is 0 Å². The first-order valence-corrected chi connectivity index (χ1v) is 10.8. The Bertz CT molecular complexity index is 467. The zero-order chi connectivity index (χ0) is 19.9. The maximum Gasteiger partial charge on any atom is 0.0344 e. The van der Waals surface area contributed by atoms with Gasteiger partial charge in [0.2, 0.25) is 0 Å². The van der Waals surface area contributed by atoms with Gasteiger partial charge in [0.1, 0.15) is 0 Å². The Kier molecular flexibility index (Phi) is 14.4. The summed E-state index contributed by atoms with van der Waals surface area (Å²) >= 11 is 0. The summed E-state index contributed by atoms with van der Waals surface area (Å²) in [5, 5.41) is 0. The van der Waals surface area contributed by atoms with Gasteiger partial charge in [-0.05, 0) is 50.5 Å². The minimum Gasteiger partial charge on any atom is -0.293 e. The van der Waals surface area contributed by atoms with E-state index in [9.17, 15) is 0 Å². The molecule has 1 aliphatic rings. The number of aliphatic imine (C=N–C) groups is 1. The molecule has 0 aliphatic heterocycles. The summed E-state index contributed by atoms with van der Waals surface area (Å²) < 4.78 is 0. The van der Waals surface area contributed by atoms with Crippen LogP contribution in [0.15, 0.2) is 40.9 Å². The molecule has 0 N–H and O–H groups in total. The van der Waals surface area contributed by atoms with Crippen molar-refractivity contribution < 1.29 is 0 Å². The summed E-state index contributed by atoms with van der Waals surface area (Å²) in [5.74, 6) is 2.56. The van der Waals surface area contributed by atoms with Crippen LogP contribution in [-0.4, -0.2) is 12.8 Å². The van der Waals surface area contributed by atoms with E-state index in [1.54, 1.807) is 0 Å². The van der Waals surface area contributed by atoms with Crippen molar-refractivity contribution in [1.82, 2.24) is 0 Å². The lowest BCUT2D eigenvalue weighted by molar-refractivity contribution is 0.388. The standard InChI is InChI=1S/C16H27N.C9H18/c1-7-8-9-16(17-6)12-15(5)14(4)11-10-13(2)3;1-3-5-9-7-4-6-8(9)2/h10-12,14H,2,7-9H2,1,3-6H3;8-9H,3-7H2,1-2H3/b11-10-,15-12-,17-16?;. The van der Waals surface area contributed by atoms with Gasteiger partial charge in [-0.1, -0.05) is 96.1 Å². The van der Waals surface area contributed by atoms with E-state index in [1.807, 2.05) is 14.0 Å². The molecule has 26 heavy (non-hydrogen) atoms. The van der Waals surface area contributed by atoms with Crippen LogP contribution in [0.1, 0.15) is 92.9 Å². The number of hydrogen-bond acceptors (Lipinski definition) is 1. The van der Waals surface area contributed by atoms with Crippen LogP contribution in [0.3, 0.4) is 0 Å². The Morgan fingerprint density at radius 1 is 1.19 bits per heavy atom. The first-order chi connectivity index (χ1) is 12.3. The molecular weight excluding hydrogens is 314 g/mol. The van der Waals surface area contributed by atoms with Crippen molar-refractivity contribution in [2.45, 2.75) is 92.9 Å². The Morgan fingerprint density at radius 2 is 1.88 bits per heavy atom. The molecule has 0 saturated heterocycles. The van der Waals surface area contributed by atoms with Crippen LogP contribution in [0.4, 0.5) is 0 Å². The number of unbranched alkanes of at least 4 members (excludes halogenated alkanes) is 1. The van der Waals surface area contributed by atoms with E-state index in [1.165, 1.54) is 56.2 Å². The first kappa shape index (κ1) is 24.9. The maximum atomic E-state index is 4.34. The van der Waals surface area contributed by atoms with E-state index in [0.717, 1.165) is 23.8 Å². The van der Waals surface area contributed by atoms with Crippen molar-refractivity contribution in [3.63, 3.8) is 0 Å². The van der Waals surface area contributed by atoms with Crippen LogP contribution in [-0.2, 0) is 0 Å². The summed E-state index contributed by atoms with van der Waals surface area (Å²) in [5.41, 5.74) is 3.67. The molecule has 1 nitrogen and oxygen atoms in total. The highest BCUT2D eigenvalue weighted by molar-refractivity contribution is 5.95. The molecule has 0 spiro atoms. The van der Waals surface area contributed by atoms with Gasteiger partial charge in [-0.15, -0.1) is 0 Å². The molecule has 0 radical (unpaired) electrons. The molecule has 0 aromatic carbocycles. The molecule has 0 aromatic heterocycles. The van der Waals surface area contributed by atoms with Crippen molar-refractivity contribution in [2.75, 3.05) is 7.05 Å². The third kappa shape index (κ3) is 11.5. The summed E-state index contributed by atoms with van der Waals surface area (Å²) in [7, 11) is 1.88. The predicted octanol–water partition coefficient (Wildman–Crippen LogP) is 8.18. The van der Waals surface area contributed by atoms with Crippen LogP contribution in [0.25, 0.3) is 0 Å². The average molecular weight is 360 g/mol. The fourth-order valence-corrected chi connectivity index (χ4v) is 3.48. The number of nitrogens with zero attached hydrogens (tertiary/aromatic N) is 1. The zero-order valence-electron chi connectivity index (χ0n) is 18.8. The molecule has 0 amide bonds. The fraction of sp³-hybridized carbons (Fsp3) is 0.720. The van der Waals surface area contributed by atoms with E-state index in [-0.39, 0.29) is 0 Å². The number of hydrogen-bond donors (Lipinski definition) is 0. The highest BCUT2D eigenvalue weighted by Gasteiger charge is 2.21. The second kappa shape index (κ2) is 15.0. The van der Waals surface area contributed by atoms with E-state index in [2.05, 4.69) is 64.4 Å². The normalized spacial score (nSPS) is 22.3. The third-order valence-corrected chi connectivity index (χ3v) is 5.55. The Balaban J connectivity index is 0.000000577. The van der Waals surface area contributed by atoms with Crippen molar-refractivity contribution >= 4 is 5.71 Å². The largest absolute Gasteiger partial charge is 0.293 e. The summed E-state index contributed by atoms with van der Waals surface area (Å²) in [6.45, 7) is 17.2. The predicted molar refractivity (Wildman–Crippen MR) is 121 cm³/mol. The highest BCUT2D eigenvalue weighted by Crippen LogP contribution is 2.33. The molecule has 150 valence electrons. The molecule has 0 aromatic rings. The van der Waals surface area contributed by atoms with E-state index in [4.69, 9.17) is 0 Å². The quantitative estimate of drug-likeness (QED) is 0.290. The minimum absolute atomic E-state index is 0.449. The van der Waals surface area contributed by atoms with Crippen molar-refractivity contribution in [2.24, 2.45) is 22.7 Å². The van der Waals surface area contributed by atoms with Gasteiger partial charge in [0.25, 0.3) is 0 Å². The van der Waals surface area contributed by atoms with E-state index >= 15 is 0 Å². The lowest BCUT2D eigenvalue weighted by Crippen LogP contribution is -2.02. The lowest BCUT2D eigenvalue weighted by Gasteiger charge is -2.12. The van der Waals surface area contributed by atoms with Crippen LogP contribution >= 0.6 is 0 Å². The monoisotopic (exact) mass is 359 g/mol. The van der Waals surface area contributed by atoms with Crippen molar-refractivity contribution in [3.05, 3.63) is 36.0 Å². The summed E-state index contributed by atoms with van der Waals surface area (Å²) in [6.07, 6.45) is 17.4. The van der Waals surface area contributed by atoms with Gasteiger partial charge in [-0.3, -0.25) is 4.99 Å². The topological polar surface area (TPSA) is 12.4 Å². The summed E-state index contributed by atoms with van der Waals surface area (Å²) in [4.78, 5) is 4.34. The Hall–Kier alpha value is -1.11. The minimum atomic E-state index is 0.449. The number of allylic oxidation sites excluding steroid dienone is 5. The SMILES string of the molecule is C=C(C)/C=C\C(C)/C(C)=C\C(CCCC)=NC.CCCC1CCCC1C. The molecule has 0 heterocycles. The molecule has 1 saturated carbocycles. The van der Waals surface area contributed by atoms with Crippen LogP contribution in [0.2, 0.25) is 0 Å². The number of rotatable bonds is 9. The molecule has 3 atom stereocenters. The van der Waals surface area contributed by atoms with Gasteiger partial charge >= 0.3 is 0 Å². The third-order valence-electron chi connectivity index (χ3n) is 5.55. The van der Waals surface area contributed by atoms with Crippen molar-refractivity contribution in [3.8, 4) is 0 Å². The van der Waals surface area contributed by atoms with Gasteiger partial charge < -0.3 is 0 Å². The first-order valence-electron chi connectivity index (χ1n) is 10.8. The molecule has 3 unspecified atom stereocenters. The maximum absolute atomic E-state index is 4.34. The fourth-order valence-electron chi connectivity index (χ4n) is 3.48. The van der Waals surface area contributed by atoms with Gasteiger partial charge in [-0.25, -0.2) is 0 Å². The summed E-state index contributed by atoms with van der Waals surface area (Å²) in [6, 6.07) is 0. The van der Waals surface area contributed by atoms with Crippen LogP contribution < -0.4 is 0 Å². The van der Waals surface area contributed by atoms with Gasteiger partial charge in [0, 0.05) is 12.8 Å². The molecular formula is C25H45N. The van der Waals surface area contributed by atoms with Gasteiger partial charge in [0.15, 0.2) is 0 Å². The van der Waals surface area contributed by atoms with Crippen LogP contribution in [0, 0.1) is 17.8 Å². The second-order valence-corrected chi connectivity index (χ2v) is 8.16. The highest BCUT2D eigenvalue weighted by atomic mass is 14.7. The van der Waals surface area contributed by atoms with Gasteiger partial charge in [0.05, 0.1) is 0 Å².